The number of fused-ring (bicyclic) bond motifs is 1. The third kappa shape index (κ3) is 4.49. The summed E-state index contributed by atoms with van der Waals surface area (Å²) in [7, 11) is 1.27. The molecule has 1 N–H and O–H groups in total. The minimum atomic E-state index is -1.18. The molecule has 204 valence electrons. The third-order valence-electron chi connectivity index (χ3n) is 7.47. The normalized spacial score (nSPS) is 15.6. The van der Waals surface area contributed by atoms with Gasteiger partial charge in [0.2, 0.25) is 0 Å². The van der Waals surface area contributed by atoms with Gasteiger partial charge in [-0.05, 0) is 26.8 Å². The van der Waals surface area contributed by atoms with Crippen molar-refractivity contribution in [3.8, 4) is 11.3 Å². The number of rotatable bonds is 7. The number of carbonyl (C=O) groups excluding carboxylic acids is 1. The van der Waals surface area contributed by atoms with Crippen molar-refractivity contribution in [2.45, 2.75) is 33.2 Å². The van der Waals surface area contributed by atoms with E-state index in [0.29, 0.717) is 52.3 Å². The fourth-order valence-electron chi connectivity index (χ4n) is 5.46. The Kier molecular flexibility index (Phi) is 7.13. The Labute approximate surface area is 230 Å². The highest BCUT2D eigenvalue weighted by Gasteiger charge is 2.41. The molecule has 9 nitrogen and oxygen atoms in total. The monoisotopic (exact) mass is 539 g/mol. The zero-order valence-corrected chi connectivity index (χ0v) is 22.7. The van der Waals surface area contributed by atoms with E-state index in [-0.39, 0.29) is 22.2 Å². The number of nitrogens with zero attached hydrogens (tertiary/aromatic N) is 3. The molecule has 2 aromatic carbocycles. The van der Waals surface area contributed by atoms with Crippen LogP contribution in [0.4, 0.5) is 0 Å². The van der Waals surface area contributed by atoms with E-state index in [1.165, 1.54) is 7.11 Å². The van der Waals surface area contributed by atoms with Crippen molar-refractivity contribution in [3.63, 3.8) is 0 Å². The number of carboxylic acids is 1. The summed E-state index contributed by atoms with van der Waals surface area (Å²) in [5.41, 5.74) is 2.79. The highest BCUT2D eigenvalue weighted by atomic mass is 16.5. The SMILES string of the molecule is COC(=O)C1=C(C)N(CCn2ccnc2)C(C)=C(C(=O)O)C1c1cccc2c(=O)c(C)c(-c3ccccc3)oc12. The molecule has 1 atom stereocenters. The van der Waals surface area contributed by atoms with Crippen molar-refractivity contribution >= 4 is 22.9 Å². The van der Waals surface area contributed by atoms with E-state index in [2.05, 4.69) is 4.98 Å². The van der Waals surface area contributed by atoms with E-state index < -0.39 is 17.9 Å². The molecule has 0 saturated heterocycles. The molecule has 0 radical (unpaired) electrons. The van der Waals surface area contributed by atoms with Gasteiger partial charge in [-0.25, -0.2) is 14.6 Å². The molecule has 0 aliphatic carbocycles. The van der Waals surface area contributed by atoms with E-state index in [0.717, 1.165) is 0 Å². The molecule has 3 heterocycles. The molecule has 1 aliphatic rings. The number of esters is 1. The molecular weight excluding hydrogens is 510 g/mol. The van der Waals surface area contributed by atoms with Crippen LogP contribution in [-0.2, 0) is 20.9 Å². The number of carboxylic acid groups (broad SMARTS) is 1. The zero-order valence-electron chi connectivity index (χ0n) is 22.7. The molecule has 2 aromatic heterocycles. The van der Waals surface area contributed by atoms with E-state index in [1.807, 2.05) is 46.0 Å². The maximum Gasteiger partial charge on any atom is 0.336 e. The second-order valence-electron chi connectivity index (χ2n) is 9.66. The first-order valence-electron chi connectivity index (χ1n) is 12.8. The molecular formula is C31H29N3O6. The predicted octanol–water partition coefficient (Wildman–Crippen LogP) is 4.87. The molecule has 40 heavy (non-hydrogen) atoms. The molecule has 5 rings (SSSR count). The zero-order chi connectivity index (χ0) is 28.6. The first kappa shape index (κ1) is 26.7. The third-order valence-corrected chi connectivity index (χ3v) is 7.47. The fraction of sp³-hybridized carbons (Fsp3) is 0.226. The molecule has 0 bridgehead atoms. The van der Waals surface area contributed by atoms with Gasteiger partial charge in [0.25, 0.3) is 0 Å². The summed E-state index contributed by atoms with van der Waals surface area (Å²) in [4.78, 5) is 45.6. The van der Waals surface area contributed by atoms with Crippen LogP contribution in [-0.4, -0.2) is 45.2 Å². The lowest BCUT2D eigenvalue weighted by atomic mass is 9.79. The number of benzene rings is 2. The number of carbonyl (C=O) groups is 2. The van der Waals surface area contributed by atoms with Crippen LogP contribution in [0.3, 0.4) is 0 Å². The summed E-state index contributed by atoms with van der Waals surface area (Å²) in [6, 6.07) is 14.3. The van der Waals surface area contributed by atoms with Gasteiger partial charge in [-0.3, -0.25) is 4.79 Å². The first-order valence-corrected chi connectivity index (χ1v) is 12.8. The largest absolute Gasteiger partial charge is 0.478 e. The lowest BCUT2D eigenvalue weighted by molar-refractivity contribution is -0.136. The fourth-order valence-corrected chi connectivity index (χ4v) is 5.46. The molecule has 0 spiro atoms. The topological polar surface area (TPSA) is 115 Å². The average Bonchev–Trinajstić information content (AvgIpc) is 3.48. The molecule has 0 saturated carbocycles. The lowest BCUT2D eigenvalue weighted by Crippen LogP contribution is -2.36. The molecule has 0 amide bonds. The Morgan fingerprint density at radius 2 is 1.73 bits per heavy atom. The van der Waals surface area contributed by atoms with Crippen LogP contribution in [0.25, 0.3) is 22.3 Å². The summed E-state index contributed by atoms with van der Waals surface area (Å²) in [5.74, 6) is -2.48. The predicted molar refractivity (Wildman–Crippen MR) is 149 cm³/mol. The maximum atomic E-state index is 13.5. The Morgan fingerprint density at radius 1 is 1.00 bits per heavy atom. The van der Waals surface area contributed by atoms with Gasteiger partial charge in [-0.2, -0.15) is 0 Å². The summed E-state index contributed by atoms with van der Waals surface area (Å²) in [5, 5.41) is 10.8. The van der Waals surface area contributed by atoms with E-state index in [4.69, 9.17) is 9.15 Å². The second kappa shape index (κ2) is 10.7. The molecule has 1 aliphatic heterocycles. The van der Waals surface area contributed by atoms with Gasteiger partial charge in [-0.1, -0.05) is 42.5 Å². The number of hydrogen-bond donors (Lipinski definition) is 1. The number of allylic oxidation sites excluding steroid dienone is 2. The van der Waals surface area contributed by atoms with Gasteiger partial charge < -0.3 is 23.7 Å². The highest BCUT2D eigenvalue weighted by Crippen LogP contribution is 2.44. The van der Waals surface area contributed by atoms with Crippen molar-refractivity contribution in [1.29, 1.82) is 0 Å². The minimum absolute atomic E-state index is 0.00798. The summed E-state index contributed by atoms with van der Waals surface area (Å²) < 4.78 is 13.5. The number of imidazole rings is 1. The molecule has 0 fully saturated rings. The maximum absolute atomic E-state index is 13.5. The Morgan fingerprint density at radius 3 is 2.38 bits per heavy atom. The van der Waals surface area contributed by atoms with Gasteiger partial charge in [0, 0.05) is 53.6 Å². The van der Waals surface area contributed by atoms with Crippen LogP contribution in [0.15, 0.2) is 99.0 Å². The Balaban J connectivity index is 1.76. The molecule has 1 unspecified atom stereocenters. The lowest BCUT2D eigenvalue weighted by Gasteiger charge is -2.37. The van der Waals surface area contributed by atoms with Crippen molar-refractivity contribution in [3.05, 3.63) is 111 Å². The van der Waals surface area contributed by atoms with Crippen molar-refractivity contribution < 1.29 is 23.8 Å². The smallest absolute Gasteiger partial charge is 0.336 e. The van der Waals surface area contributed by atoms with Crippen molar-refractivity contribution in [2.24, 2.45) is 0 Å². The van der Waals surface area contributed by atoms with Crippen LogP contribution in [0.2, 0.25) is 0 Å². The second-order valence-corrected chi connectivity index (χ2v) is 9.66. The Hall–Kier alpha value is -4.92. The number of hydrogen-bond acceptors (Lipinski definition) is 7. The van der Waals surface area contributed by atoms with Gasteiger partial charge in [-0.15, -0.1) is 0 Å². The summed E-state index contributed by atoms with van der Waals surface area (Å²) >= 11 is 0. The standard InChI is InChI=1S/C31H29N3O6/c1-18-27(35)23-12-8-11-22(29(23)40-28(18)21-9-6-5-7-10-21)26-24(30(36)37)19(2)34(16-15-33-14-13-32-17-33)20(3)25(26)31(38)39-4/h5-14,17,26H,15-16H2,1-4H3,(H,36,37). The summed E-state index contributed by atoms with van der Waals surface area (Å²) in [6.07, 6.45) is 5.16. The number of methoxy groups -OCH3 is 1. The average molecular weight is 540 g/mol. The highest BCUT2D eigenvalue weighted by molar-refractivity contribution is 6.00. The number of ether oxygens (including phenoxy) is 1. The van der Waals surface area contributed by atoms with E-state index in [9.17, 15) is 19.5 Å². The van der Waals surface area contributed by atoms with E-state index >= 15 is 0 Å². The summed E-state index contributed by atoms with van der Waals surface area (Å²) in [6.45, 7) is 6.12. The quantitative estimate of drug-likeness (QED) is 0.331. The van der Waals surface area contributed by atoms with Gasteiger partial charge >= 0.3 is 11.9 Å². The van der Waals surface area contributed by atoms with Gasteiger partial charge in [0.05, 0.1) is 35.9 Å². The van der Waals surface area contributed by atoms with E-state index in [1.54, 1.807) is 51.5 Å². The minimum Gasteiger partial charge on any atom is -0.478 e. The van der Waals surface area contributed by atoms with Crippen LogP contribution >= 0.6 is 0 Å². The van der Waals surface area contributed by atoms with Crippen LogP contribution in [0.5, 0.6) is 0 Å². The van der Waals surface area contributed by atoms with Crippen LogP contribution in [0, 0.1) is 6.92 Å². The van der Waals surface area contributed by atoms with Crippen molar-refractivity contribution in [1.82, 2.24) is 14.5 Å². The van der Waals surface area contributed by atoms with Gasteiger partial charge in [0.1, 0.15) is 11.3 Å². The van der Waals surface area contributed by atoms with Crippen LogP contribution in [0.1, 0.15) is 30.9 Å². The number of aliphatic carboxylic acids is 1. The first-order chi connectivity index (χ1) is 19.2. The Bertz CT molecular complexity index is 1730. The number of para-hydroxylation sites is 1. The number of aromatic nitrogens is 2. The van der Waals surface area contributed by atoms with Gasteiger partial charge in [0.15, 0.2) is 5.43 Å². The van der Waals surface area contributed by atoms with Crippen molar-refractivity contribution in [2.75, 3.05) is 13.7 Å². The molecule has 9 heteroatoms. The molecule has 4 aromatic rings. The van der Waals surface area contributed by atoms with Crippen LogP contribution < -0.4 is 5.43 Å².